The van der Waals surface area contributed by atoms with Gasteiger partial charge in [0.1, 0.15) is 13.2 Å². The second kappa shape index (κ2) is 11.7. The fourth-order valence-corrected chi connectivity index (χ4v) is 4.44. The van der Waals surface area contributed by atoms with E-state index in [9.17, 15) is 14.4 Å². The number of carbonyl (C=O) groups excluding carboxylic acids is 2. The molecule has 182 valence electrons. The van der Waals surface area contributed by atoms with Crippen molar-refractivity contribution in [2.24, 2.45) is 5.92 Å². The molecule has 0 saturated carbocycles. The number of benzene rings is 2. The Morgan fingerprint density at radius 2 is 1.62 bits per heavy atom. The minimum Gasteiger partial charge on any atom is -0.480 e. The molecule has 7 nitrogen and oxygen atoms in total. The highest BCUT2D eigenvalue weighted by Crippen LogP contribution is 2.44. The van der Waals surface area contributed by atoms with E-state index in [1.165, 1.54) is 16.0 Å². The van der Waals surface area contributed by atoms with Crippen LogP contribution in [0.5, 0.6) is 0 Å². The number of amides is 2. The summed E-state index contributed by atoms with van der Waals surface area (Å²) in [5.74, 6) is -1.18. The Hall–Kier alpha value is -3.35. The van der Waals surface area contributed by atoms with E-state index in [1.54, 1.807) is 0 Å². The van der Waals surface area contributed by atoms with Crippen molar-refractivity contribution >= 4 is 18.0 Å². The number of aliphatic carboxylic acids is 1. The highest BCUT2D eigenvalue weighted by atomic mass is 16.5. The van der Waals surface area contributed by atoms with Crippen LogP contribution < -0.4 is 5.32 Å². The Balaban J connectivity index is 1.45. The predicted molar refractivity (Wildman–Crippen MR) is 131 cm³/mol. The molecule has 7 heteroatoms. The van der Waals surface area contributed by atoms with E-state index < -0.39 is 12.1 Å². The van der Waals surface area contributed by atoms with Crippen LogP contribution >= 0.6 is 0 Å². The highest BCUT2D eigenvalue weighted by Gasteiger charge is 2.29. The lowest BCUT2D eigenvalue weighted by atomic mass is 9.98. The lowest BCUT2D eigenvalue weighted by Crippen LogP contribution is -2.42. The van der Waals surface area contributed by atoms with E-state index >= 15 is 0 Å². The summed E-state index contributed by atoms with van der Waals surface area (Å²) < 4.78 is 5.54. The monoisotopic (exact) mass is 466 g/mol. The maximum Gasteiger partial charge on any atom is 0.407 e. The van der Waals surface area contributed by atoms with Gasteiger partial charge in [0, 0.05) is 24.9 Å². The molecule has 3 rings (SSSR count). The number of carboxylic acid groups (broad SMARTS) is 1. The van der Waals surface area contributed by atoms with Gasteiger partial charge < -0.3 is 20.1 Å². The molecule has 2 atom stereocenters. The van der Waals surface area contributed by atoms with Crippen molar-refractivity contribution in [1.29, 1.82) is 0 Å². The van der Waals surface area contributed by atoms with E-state index in [1.807, 2.05) is 45.0 Å². The molecule has 2 aromatic rings. The fraction of sp³-hybridized carbons (Fsp3) is 0.444. The molecule has 0 radical (unpaired) electrons. The van der Waals surface area contributed by atoms with Crippen LogP contribution in [-0.4, -0.2) is 53.7 Å². The molecule has 2 unspecified atom stereocenters. The zero-order chi connectivity index (χ0) is 24.7. The third-order valence-corrected chi connectivity index (χ3v) is 6.52. The Morgan fingerprint density at radius 1 is 1.03 bits per heavy atom. The highest BCUT2D eigenvalue weighted by molar-refractivity contribution is 5.82. The maximum absolute atomic E-state index is 12.6. The lowest BCUT2D eigenvalue weighted by Gasteiger charge is -2.28. The number of ether oxygens (including phenoxy) is 1. The summed E-state index contributed by atoms with van der Waals surface area (Å²) in [6, 6.07) is 16.2. The first-order chi connectivity index (χ1) is 16.3. The maximum atomic E-state index is 12.6. The first-order valence-corrected chi connectivity index (χ1v) is 11.9. The molecule has 2 N–H and O–H groups in total. The quantitative estimate of drug-likeness (QED) is 0.502. The molecular formula is C27H34N2O5. The van der Waals surface area contributed by atoms with Crippen molar-refractivity contribution < 1.29 is 24.2 Å². The molecule has 1 aliphatic rings. The van der Waals surface area contributed by atoms with Crippen molar-refractivity contribution in [2.75, 3.05) is 19.7 Å². The van der Waals surface area contributed by atoms with Gasteiger partial charge in [0.2, 0.25) is 5.91 Å². The molecular weight excluding hydrogens is 432 g/mol. The number of hydrogen-bond donors (Lipinski definition) is 2. The second-order valence-electron chi connectivity index (χ2n) is 9.02. The minimum absolute atomic E-state index is 0.00161. The summed E-state index contributed by atoms with van der Waals surface area (Å²) in [5, 5.41) is 11.9. The Morgan fingerprint density at radius 3 is 2.18 bits per heavy atom. The van der Waals surface area contributed by atoms with Crippen LogP contribution in [0.1, 0.15) is 57.1 Å². The summed E-state index contributed by atoms with van der Waals surface area (Å²) >= 11 is 0. The zero-order valence-electron chi connectivity index (χ0n) is 20.1. The molecule has 0 aliphatic heterocycles. The van der Waals surface area contributed by atoms with Gasteiger partial charge >= 0.3 is 12.1 Å². The van der Waals surface area contributed by atoms with Crippen LogP contribution in [0.25, 0.3) is 11.1 Å². The van der Waals surface area contributed by atoms with Crippen molar-refractivity contribution in [3.05, 3.63) is 59.7 Å². The van der Waals surface area contributed by atoms with Crippen LogP contribution in [-0.2, 0) is 14.3 Å². The average Bonchev–Trinajstić information content (AvgIpc) is 3.14. The van der Waals surface area contributed by atoms with Crippen LogP contribution in [0, 0.1) is 5.92 Å². The van der Waals surface area contributed by atoms with E-state index in [2.05, 4.69) is 29.6 Å². The third-order valence-electron chi connectivity index (χ3n) is 6.52. The van der Waals surface area contributed by atoms with Crippen LogP contribution in [0.2, 0.25) is 0 Å². The van der Waals surface area contributed by atoms with E-state index in [0.717, 1.165) is 11.1 Å². The number of carbonyl (C=O) groups is 3. The molecule has 0 heterocycles. The zero-order valence-corrected chi connectivity index (χ0v) is 20.1. The summed E-state index contributed by atoms with van der Waals surface area (Å²) in [4.78, 5) is 37.4. The second-order valence-corrected chi connectivity index (χ2v) is 9.02. The normalized spacial score (nSPS) is 14.0. The first-order valence-electron chi connectivity index (χ1n) is 11.9. The number of alkyl carbamates (subject to hydrolysis) is 1. The molecule has 0 fully saturated rings. The predicted octanol–water partition coefficient (Wildman–Crippen LogP) is 4.65. The average molecular weight is 467 g/mol. The van der Waals surface area contributed by atoms with Gasteiger partial charge in [0.25, 0.3) is 0 Å². The Kier molecular flexibility index (Phi) is 8.68. The van der Waals surface area contributed by atoms with Gasteiger partial charge in [-0.3, -0.25) is 9.59 Å². The van der Waals surface area contributed by atoms with Crippen molar-refractivity contribution in [2.45, 2.75) is 52.0 Å². The van der Waals surface area contributed by atoms with Gasteiger partial charge in [0.05, 0.1) is 0 Å². The number of rotatable bonds is 11. The number of hydrogen-bond acceptors (Lipinski definition) is 4. The lowest BCUT2D eigenvalue weighted by molar-refractivity contribution is -0.146. The van der Waals surface area contributed by atoms with Gasteiger partial charge in [-0.05, 0) is 47.9 Å². The minimum atomic E-state index is -1.02. The standard InChI is InChI=1S/C27H34N2O5/c1-4-19(3)29(16-26(31)32)25(30)15-18(2)13-14-28-27(33)34-17-24-22-11-7-5-9-20(22)21-10-6-8-12-23(21)24/h5-12,18-19,24H,4,13-17H2,1-3H3,(H,28,33)(H,31,32). The molecule has 0 bridgehead atoms. The molecule has 34 heavy (non-hydrogen) atoms. The topological polar surface area (TPSA) is 95.9 Å². The van der Waals surface area contributed by atoms with E-state index in [0.29, 0.717) is 19.4 Å². The molecule has 2 amide bonds. The van der Waals surface area contributed by atoms with Crippen molar-refractivity contribution in [1.82, 2.24) is 10.2 Å². The number of nitrogens with zero attached hydrogens (tertiary/aromatic N) is 1. The summed E-state index contributed by atoms with van der Waals surface area (Å²) in [7, 11) is 0. The van der Waals surface area contributed by atoms with E-state index in [4.69, 9.17) is 9.84 Å². The van der Waals surface area contributed by atoms with Crippen LogP contribution in [0.4, 0.5) is 4.79 Å². The molecule has 1 aliphatic carbocycles. The summed E-state index contributed by atoms with van der Waals surface area (Å²) in [6.07, 6.45) is 1.05. The van der Waals surface area contributed by atoms with Crippen LogP contribution in [0.3, 0.4) is 0 Å². The molecule has 0 aromatic heterocycles. The molecule has 2 aromatic carbocycles. The molecule has 0 spiro atoms. The number of fused-ring (bicyclic) bond motifs is 3. The van der Waals surface area contributed by atoms with Gasteiger partial charge in [0.15, 0.2) is 0 Å². The summed E-state index contributed by atoms with van der Waals surface area (Å²) in [6.45, 7) is 6.05. The fourth-order valence-electron chi connectivity index (χ4n) is 4.44. The summed E-state index contributed by atoms with van der Waals surface area (Å²) in [5.41, 5.74) is 4.69. The Labute approximate surface area is 201 Å². The van der Waals surface area contributed by atoms with Gasteiger partial charge in [-0.25, -0.2) is 4.79 Å². The van der Waals surface area contributed by atoms with Gasteiger partial charge in [-0.1, -0.05) is 62.4 Å². The molecule has 0 saturated heterocycles. The van der Waals surface area contributed by atoms with Crippen LogP contribution in [0.15, 0.2) is 48.5 Å². The smallest absolute Gasteiger partial charge is 0.407 e. The Bertz CT molecular complexity index is 976. The number of carboxylic acids is 1. The third kappa shape index (κ3) is 6.16. The van der Waals surface area contributed by atoms with Crippen molar-refractivity contribution in [3.63, 3.8) is 0 Å². The first kappa shape index (κ1) is 25.3. The number of nitrogens with one attached hydrogen (secondary N) is 1. The van der Waals surface area contributed by atoms with Gasteiger partial charge in [-0.15, -0.1) is 0 Å². The van der Waals surface area contributed by atoms with Gasteiger partial charge in [-0.2, -0.15) is 0 Å². The largest absolute Gasteiger partial charge is 0.480 e. The van der Waals surface area contributed by atoms with E-state index in [-0.39, 0.29) is 43.4 Å². The van der Waals surface area contributed by atoms with Crippen molar-refractivity contribution in [3.8, 4) is 11.1 Å². The SMILES string of the molecule is CCC(C)N(CC(=O)O)C(=O)CC(C)CCNC(=O)OCC1c2ccccc2-c2ccccc21.